The molecule has 3 aromatic carbocycles. The number of nitrogens with zero attached hydrogens (tertiary/aromatic N) is 2. The standard InChI is InChI=1S/C26H22BrCl2N3O3/c1-32(2)21-8-6-20(7-9-21)31-26(33)18(14-30)10-16-11-22(27)25(24(12-16)34-3)35-15-17-4-5-19(28)13-23(17)29/h4-13H,15H2,1-3H3,(H,31,33)/b18-10-. The molecule has 0 radical (unpaired) electrons. The van der Waals surface area contributed by atoms with E-state index < -0.39 is 5.91 Å². The van der Waals surface area contributed by atoms with Gasteiger partial charge in [-0.1, -0.05) is 29.3 Å². The molecule has 0 saturated carbocycles. The lowest BCUT2D eigenvalue weighted by atomic mass is 10.1. The molecule has 0 aliphatic heterocycles. The van der Waals surface area contributed by atoms with Gasteiger partial charge in [0, 0.05) is 41.1 Å². The van der Waals surface area contributed by atoms with E-state index in [9.17, 15) is 10.1 Å². The molecule has 1 amide bonds. The van der Waals surface area contributed by atoms with Crippen molar-refractivity contribution in [3.05, 3.63) is 85.8 Å². The molecular weight excluding hydrogens is 553 g/mol. The van der Waals surface area contributed by atoms with Crippen molar-refractivity contribution in [1.29, 1.82) is 5.26 Å². The first-order chi connectivity index (χ1) is 16.7. The minimum Gasteiger partial charge on any atom is -0.493 e. The zero-order valence-corrected chi connectivity index (χ0v) is 22.3. The van der Waals surface area contributed by atoms with Gasteiger partial charge in [0.05, 0.1) is 11.6 Å². The second-order valence-electron chi connectivity index (χ2n) is 7.62. The number of nitrogens with one attached hydrogen (secondary N) is 1. The molecule has 0 spiro atoms. The lowest BCUT2D eigenvalue weighted by Crippen LogP contribution is -2.14. The van der Waals surface area contributed by atoms with Crippen molar-refractivity contribution in [3.8, 4) is 17.6 Å². The van der Waals surface area contributed by atoms with Gasteiger partial charge in [-0.3, -0.25) is 4.79 Å². The molecule has 3 aromatic rings. The minimum atomic E-state index is -0.516. The summed E-state index contributed by atoms with van der Waals surface area (Å²) in [6.45, 7) is 0.193. The molecule has 0 saturated heterocycles. The lowest BCUT2D eigenvalue weighted by molar-refractivity contribution is -0.112. The number of hydrogen-bond acceptors (Lipinski definition) is 5. The number of benzene rings is 3. The summed E-state index contributed by atoms with van der Waals surface area (Å²) in [5, 5.41) is 13.4. The summed E-state index contributed by atoms with van der Waals surface area (Å²) >= 11 is 15.7. The number of carbonyl (C=O) groups excluding carboxylic acids is 1. The Balaban J connectivity index is 1.80. The number of anilines is 2. The van der Waals surface area contributed by atoms with Gasteiger partial charge in [0.25, 0.3) is 5.91 Å². The van der Waals surface area contributed by atoms with Crippen LogP contribution in [0.2, 0.25) is 10.0 Å². The number of halogens is 3. The Morgan fingerprint density at radius 3 is 2.46 bits per heavy atom. The number of hydrogen-bond donors (Lipinski definition) is 1. The first-order valence-corrected chi connectivity index (χ1v) is 11.9. The van der Waals surface area contributed by atoms with Gasteiger partial charge >= 0.3 is 0 Å². The van der Waals surface area contributed by atoms with Gasteiger partial charge in [-0.15, -0.1) is 0 Å². The molecule has 0 atom stereocenters. The lowest BCUT2D eigenvalue weighted by Gasteiger charge is -2.14. The van der Waals surface area contributed by atoms with Crippen molar-refractivity contribution in [3.63, 3.8) is 0 Å². The van der Waals surface area contributed by atoms with Gasteiger partial charge in [0.15, 0.2) is 11.5 Å². The van der Waals surface area contributed by atoms with Crippen molar-refractivity contribution >= 4 is 62.5 Å². The molecule has 6 nitrogen and oxygen atoms in total. The Kier molecular flexibility index (Phi) is 9.05. The number of carbonyl (C=O) groups is 1. The predicted molar refractivity (Wildman–Crippen MR) is 144 cm³/mol. The normalized spacial score (nSPS) is 10.9. The van der Waals surface area contributed by atoms with Crippen molar-refractivity contribution in [2.45, 2.75) is 6.61 Å². The third-order valence-electron chi connectivity index (χ3n) is 4.96. The van der Waals surface area contributed by atoms with Crippen LogP contribution in [0.5, 0.6) is 11.5 Å². The van der Waals surface area contributed by atoms with Crippen LogP contribution in [0.3, 0.4) is 0 Å². The third-order valence-corrected chi connectivity index (χ3v) is 6.13. The molecule has 180 valence electrons. The van der Waals surface area contributed by atoms with Crippen LogP contribution in [-0.2, 0) is 11.4 Å². The van der Waals surface area contributed by atoms with Gasteiger partial charge in [0.1, 0.15) is 18.2 Å². The van der Waals surface area contributed by atoms with E-state index in [4.69, 9.17) is 32.7 Å². The molecule has 1 N–H and O–H groups in total. The number of ether oxygens (including phenoxy) is 2. The highest BCUT2D eigenvalue weighted by atomic mass is 79.9. The summed E-state index contributed by atoms with van der Waals surface area (Å²) in [4.78, 5) is 14.6. The van der Waals surface area contributed by atoms with Crippen LogP contribution in [0.4, 0.5) is 11.4 Å². The largest absolute Gasteiger partial charge is 0.493 e. The predicted octanol–water partition coefficient (Wildman–Crippen LogP) is 6.96. The Hall–Kier alpha value is -3.18. The number of nitriles is 1. The average Bonchev–Trinajstić information content (AvgIpc) is 2.82. The minimum absolute atomic E-state index is 0.0581. The molecule has 0 unspecified atom stereocenters. The SMILES string of the molecule is COc1cc(/C=C(/C#N)C(=O)Nc2ccc(N(C)C)cc2)cc(Br)c1OCc1ccc(Cl)cc1Cl. The van der Waals surface area contributed by atoms with Gasteiger partial charge in [-0.05, 0) is 76.1 Å². The highest BCUT2D eigenvalue weighted by molar-refractivity contribution is 9.10. The number of rotatable bonds is 8. The first-order valence-electron chi connectivity index (χ1n) is 10.4. The molecule has 0 fully saturated rings. The van der Waals surface area contributed by atoms with Crippen LogP contribution < -0.4 is 19.7 Å². The van der Waals surface area contributed by atoms with E-state index in [0.29, 0.717) is 37.3 Å². The maximum atomic E-state index is 12.7. The molecule has 0 aliphatic rings. The summed E-state index contributed by atoms with van der Waals surface area (Å²) in [6.07, 6.45) is 1.48. The van der Waals surface area contributed by atoms with E-state index in [1.807, 2.05) is 37.2 Å². The van der Waals surface area contributed by atoms with Gasteiger partial charge in [-0.25, -0.2) is 0 Å². The van der Waals surface area contributed by atoms with E-state index >= 15 is 0 Å². The van der Waals surface area contributed by atoms with E-state index in [1.54, 1.807) is 42.5 Å². The Bertz CT molecular complexity index is 1300. The maximum Gasteiger partial charge on any atom is 0.266 e. The van der Waals surface area contributed by atoms with E-state index in [2.05, 4.69) is 21.2 Å². The molecule has 0 aliphatic carbocycles. The summed E-state index contributed by atoms with van der Waals surface area (Å²) in [7, 11) is 5.37. The van der Waals surface area contributed by atoms with E-state index in [1.165, 1.54) is 13.2 Å². The highest BCUT2D eigenvalue weighted by Gasteiger charge is 2.15. The van der Waals surface area contributed by atoms with Gasteiger partial charge in [-0.2, -0.15) is 5.26 Å². The van der Waals surface area contributed by atoms with Crippen molar-refractivity contribution < 1.29 is 14.3 Å². The highest BCUT2D eigenvalue weighted by Crippen LogP contribution is 2.38. The third kappa shape index (κ3) is 6.92. The molecule has 0 heterocycles. The maximum absolute atomic E-state index is 12.7. The van der Waals surface area contributed by atoms with Crippen LogP contribution in [-0.4, -0.2) is 27.1 Å². The fraction of sp³-hybridized carbons (Fsp3) is 0.154. The van der Waals surface area contributed by atoms with E-state index in [0.717, 1.165) is 11.3 Å². The second kappa shape index (κ2) is 12.0. The van der Waals surface area contributed by atoms with Crippen LogP contribution >= 0.6 is 39.1 Å². The number of methoxy groups -OCH3 is 1. The smallest absolute Gasteiger partial charge is 0.266 e. The Morgan fingerprint density at radius 1 is 1.14 bits per heavy atom. The molecule has 3 rings (SSSR count). The summed E-state index contributed by atoms with van der Waals surface area (Å²) in [5.74, 6) is 0.366. The van der Waals surface area contributed by atoms with Gasteiger partial charge < -0.3 is 19.7 Å². The van der Waals surface area contributed by atoms with Crippen LogP contribution in [0.25, 0.3) is 6.08 Å². The van der Waals surface area contributed by atoms with Crippen molar-refractivity contribution in [1.82, 2.24) is 0 Å². The van der Waals surface area contributed by atoms with Crippen LogP contribution in [0.1, 0.15) is 11.1 Å². The monoisotopic (exact) mass is 573 g/mol. The summed E-state index contributed by atoms with van der Waals surface area (Å²) in [6, 6.07) is 17.9. The molecule has 35 heavy (non-hydrogen) atoms. The topological polar surface area (TPSA) is 74.6 Å². The fourth-order valence-corrected chi connectivity index (χ4v) is 4.15. The number of amides is 1. The zero-order valence-electron chi connectivity index (χ0n) is 19.2. The first kappa shape index (κ1) is 26.4. The molecule has 0 bridgehead atoms. The van der Waals surface area contributed by atoms with E-state index in [-0.39, 0.29) is 12.2 Å². The zero-order chi connectivity index (χ0) is 25.5. The second-order valence-corrected chi connectivity index (χ2v) is 9.32. The molecule has 9 heteroatoms. The Labute approximate surface area is 222 Å². The Morgan fingerprint density at radius 2 is 1.86 bits per heavy atom. The van der Waals surface area contributed by atoms with Gasteiger partial charge in [0.2, 0.25) is 0 Å². The quantitative estimate of drug-likeness (QED) is 0.232. The van der Waals surface area contributed by atoms with Crippen LogP contribution in [0, 0.1) is 11.3 Å². The average molecular weight is 575 g/mol. The summed E-state index contributed by atoms with van der Waals surface area (Å²) in [5.41, 5.74) is 2.87. The molecule has 0 aromatic heterocycles. The van der Waals surface area contributed by atoms with Crippen molar-refractivity contribution in [2.75, 3.05) is 31.4 Å². The summed E-state index contributed by atoms with van der Waals surface area (Å²) < 4.78 is 12.0. The molecular formula is C26H22BrCl2N3O3. The van der Waals surface area contributed by atoms with Crippen LogP contribution in [0.15, 0.2) is 64.6 Å². The fourth-order valence-electron chi connectivity index (χ4n) is 3.11. The van der Waals surface area contributed by atoms with Crippen molar-refractivity contribution in [2.24, 2.45) is 0 Å².